The molecule has 168 valence electrons. The maximum Gasteiger partial charge on any atom is 0.647 e. The van der Waals surface area contributed by atoms with E-state index in [0.717, 1.165) is 16.7 Å². The number of phosphoric ester groups is 1. The van der Waals surface area contributed by atoms with Crippen LogP contribution in [-0.4, -0.2) is 0 Å². The van der Waals surface area contributed by atoms with Gasteiger partial charge in [-0.05, 0) is 57.2 Å². The minimum atomic E-state index is -3.93. The number of benzene rings is 3. The van der Waals surface area contributed by atoms with Crippen LogP contribution in [0.15, 0.2) is 72.8 Å². The average Bonchev–Trinajstić information content (AvgIpc) is 2.73. The Labute approximate surface area is 185 Å². The Balaban J connectivity index is 0.000000885. The summed E-state index contributed by atoms with van der Waals surface area (Å²) in [6.07, 6.45) is 2.64. The molecule has 0 amide bonds. The molecule has 3 aromatic rings. The third-order valence-electron chi connectivity index (χ3n) is 4.21. The third-order valence-corrected chi connectivity index (χ3v) is 5.52. The van der Waals surface area contributed by atoms with Gasteiger partial charge in [0.2, 0.25) is 0 Å². The summed E-state index contributed by atoms with van der Waals surface area (Å²) in [5, 5.41) is 0. The van der Waals surface area contributed by atoms with Gasteiger partial charge in [0.05, 0.1) is 0 Å². The molecule has 31 heavy (non-hydrogen) atoms. The van der Waals surface area contributed by atoms with E-state index in [9.17, 15) is 4.57 Å². The molecular weight excluding hydrogens is 414 g/mol. The molecule has 0 heterocycles. The second kappa shape index (κ2) is 12.8. The van der Waals surface area contributed by atoms with E-state index in [2.05, 4.69) is 13.8 Å². The van der Waals surface area contributed by atoms with Crippen LogP contribution in [0.1, 0.15) is 43.4 Å². The van der Waals surface area contributed by atoms with Crippen LogP contribution in [0.4, 0.5) is 4.70 Å². The molecule has 0 spiro atoms. The Bertz CT molecular complexity index is 814. The molecule has 0 atom stereocenters. The molecule has 0 saturated carbocycles. The zero-order valence-electron chi connectivity index (χ0n) is 18.8. The molecule has 4 nitrogen and oxygen atoms in total. The largest absolute Gasteiger partial charge is 0.647 e. The SMILES string of the molecule is CCCC.Cc1ccc(OP(=O)(Oc2ccc(C)cc2)Oc2ccc(C)cc2)cc1.F. The second-order valence-electron chi connectivity index (χ2n) is 7.16. The fourth-order valence-corrected chi connectivity index (χ4v) is 3.49. The maximum atomic E-state index is 13.3. The molecule has 0 N–H and O–H groups in total. The monoisotopic (exact) mass is 446 g/mol. The average molecular weight is 446 g/mol. The van der Waals surface area contributed by atoms with Crippen molar-refractivity contribution in [2.75, 3.05) is 0 Å². The Morgan fingerprint density at radius 3 is 0.968 bits per heavy atom. The first-order valence-corrected chi connectivity index (χ1v) is 11.7. The number of rotatable bonds is 7. The van der Waals surface area contributed by atoms with Gasteiger partial charge in [0.1, 0.15) is 17.2 Å². The van der Waals surface area contributed by atoms with Crippen molar-refractivity contribution in [2.24, 2.45) is 0 Å². The summed E-state index contributed by atoms with van der Waals surface area (Å²) in [4.78, 5) is 0. The number of halogens is 1. The van der Waals surface area contributed by atoms with Crippen molar-refractivity contribution >= 4 is 7.82 Å². The van der Waals surface area contributed by atoms with Gasteiger partial charge in [-0.15, -0.1) is 0 Å². The highest BCUT2D eigenvalue weighted by atomic mass is 31.2. The van der Waals surface area contributed by atoms with Gasteiger partial charge in [-0.25, -0.2) is 0 Å². The van der Waals surface area contributed by atoms with Gasteiger partial charge in [-0.2, -0.15) is 4.57 Å². The summed E-state index contributed by atoms with van der Waals surface area (Å²) in [5.74, 6) is 1.24. The van der Waals surface area contributed by atoms with Gasteiger partial charge in [0, 0.05) is 0 Å². The fourth-order valence-electron chi connectivity index (χ4n) is 2.24. The highest BCUT2D eigenvalue weighted by molar-refractivity contribution is 7.49. The zero-order chi connectivity index (χ0) is 22.0. The minimum absolute atomic E-state index is 0. The van der Waals surface area contributed by atoms with E-state index in [1.54, 1.807) is 36.4 Å². The van der Waals surface area contributed by atoms with Gasteiger partial charge >= 0.3 is 7.82 Å². The van der Waals surface area contributed by atoms with Gasteiger partial charge in [0.15, 0.2) is 0 Å². The molecule has 0 aliphatic carbocycles. The Morgan fingerprint density at radius 2 is 0.774 bits per heavy atom. The van der Waals surface area contributed by atoms with Crippen molar-refractivity contribution in [1.29, 1.82) is 0 Å². The Hall–Kier alpha value is -2.78. The molecule has 0 aliphatic rings. The van der Waals surface area contributed by atoms with E-state index in [4.69, 9.17) is 13.6 Å². The van der Waals surface area contributed by atoms with Crippen molar-refractivity contribution in [3.05, 3.63) is 89.5 Å². The molecule has 3 rings (SSSR count). The molecule has 6 heteroatoms. The normalized spacial score (nSPS) is 10.2. The predicted molar refractivity (Wildman–Crippen MR) is 126 cm³/mol. The van der Waals surface area contributed by atoms with Gasteiger partial charge < -0.3 is 13.6 Å². The first-order valence-electron chi connectivity index (χ1n) is 10.2. The molecule has 0 saturated heterocycles. The van der Waals surface area contributed by atoms with Gasteiger partial charge in [-0.3, -0.25) is 4.70 Å². The highest BCUT2D eigenvalue weighted by Gasteiger charge is 2.33. The third kappa shape index (κ3) is 9.27. The summed E-state index contributed by atoms with van der Waals surface area (Å²) in [5.41, 5.74) is 3.23. The summed E-state index contributed by atoms with van der Waals surface area (Å²) in [6, 6.07) is 21.6. The number of aryl methyl sites for hydroxylation is 3. The molecule has 0 bridgehead atoms. The molecule has 0 aliphatic heterocycles. The zero-order valence-corrected chi connectivity index (χ0v) is 19.7. The number of hydrogen-bond acceptors (Lipinski definition) is 4. The highest BCUT2D eigenvalue weighted by Crippen LogP contribution is 2.49. The van der Waals surface area contributed by atoms with E-state index in [1.807, 2.05) is 57.2 Å². The maximum absolute atomic E-state index is 13.3. The molecule has 0 unspecified atom stereocenters. The van der Waals surface area contributed by atoms with Crippen LogP contribution >= 0.6 is 7.82 Å². The van der Waals surface area contributed by atoms with E-state index < -0.39 is 7.82 Å². The van der Waals surface area contributed by atoms with Crippen LogP contribution in [0.2, 0.25) is 0 Å². The second-order valence-corrected chi connectivity index (χ2v) is 8.60. The quantitative estimate of drug-likeness (QED) is 0.343. The Kier molecular flexibility index (Phi) is 10.8. The van der Waals surface area contributed by atoms with Gasteiger partial charge in [0.25, 0.3) is 0 Å². The summed E-state index contributed by atoms with van der Waals surface area (Å²) >= 11 is 0. The van der Waals surface area contributed by atoms with E-state index in [-0.39, 0.29) is 4.70 Å². The van der Waals surface area contributed by atoms with Gasteiger partial charge in [-0.1, -0.05) is 79.8 Å². The van der Waals surface area contributed by atoms with E-state index in [0.29, 0.717) is 17.2 Å². The lowest BCUT2D eigenvalue weighted by Gasteiger charge is -2.19. The topological polar surface area (TPSA) is 44.8 Å². The van der Waals surface area contributed by atoms with Crippen LogP contribution in [0.3, 0.4) is 0 Å². The molecular formula is C25H32FO4P. The Morgan fingerprint density at radius 1 is 0.548 bits per heavy atom. The lowest BCUT2D eigenvalue weighted by molar-refractivity contribution is 0.298. The molecule has 0 radical (unpaired) electrons. The number of hydrogen-bond donors (Lipinski definition) is 0. The standard InChI is InChI=1S/C21H21O4P.C4H10.FH/c1-16-4-10-19(11-5-16)23-26(22,24-20-12-6-17(2)7-13-20)25-21-14-8-18(3)9-15-21;1-3-4-2;/h4-15H,1-3H3;3-4H2,1-2H3;1H. The van der Waals surface area contributed by atoms with Crippen LogP contribution < -0.4 is 13.6 Å². The fraction of sp³-hybridized carbons (Fsp3) is 0.280. The van der Waals surface area contributed by atoms with Crippen molar-refractivity contribution in [3.63, 3.8) is 0 Å². The number of phosphoric acid groups is 1. The summed E-state index contributed by atoms with van der Waals surface area (Å²) < 4.78 is 30.2. The molecule has 0 fully saturated rings. The summed E-state index contributed by atoms with van der Waals surface area (Å²) in [7, 11) is -3.93. The van der Waals surface area contributed by atoms with Crippen LogP contribution in [0.5, 0.6) is 17.2 Å². The molecule has 3 aromatic carbocycles. The van der Waals surface area contributed by atoms with E-state index >= 15 is 0 Å². The van der Waals surface area contributed by atoms with Crippen LogP contribution in [0, 0.1) is 20.8 Å². The van der Waals surface area contributed by atoms with Crippen molar-refractivity contribution in [3.8, 4) is 17.2 Å². The first kappa shape index (κ1) is 26.3. The number of unbranched alkanes of at least 4 members (excludes halogenated alkanes) is 1. The lowest BCUT2D eigenvalue weighted by Crippen LogP contribution is -2.07. The predicted octanol–water partition coefficient (Wildman–Crippen LogP) is 8.22. The summed E-state index contributed by atoms with van der Waals surface area (Å²) in [6.45, 7) is 10.3. The van der Waals surface area contributed by atoms with Crippen molar-refractivity contribution in [2.45, 2.75) is 47.5 Å². The van der Waals surface area contributed by atoms with E-state index in [1.165, 1.54) is 12.8 Å². The van der Waals surface area contributed by atoms with Crippen molar-refractivity contribution in [1.82, 2.24) is 0 Å². The van der Waals surface area contributed by atoms with Crippen molar-refractivity contribution < 1.29 is 22.8 Å². The van der Waals surface area contributed by atoms with Crippen LogP contribution in [-0.2, 0) is 4.57 Å². The lowest BCUT2D eigenvalue weighted by atomic mass is 10.2. The van der Waals surface area contributed by atoms with Crippen LogP contribution in [0.25, 0.3) is 0 Å². The molecule has 0 aromatic heterocycles. The minimum Gasteiger partial charge on any atom is -0.386 e. The first-order chi connectivity index (χ1) is 14.3. The smallest absolute Gasteiger partial charge is 0.386 e.